The van der Waals surface area contributed by atoms with Crippen LogP contribution in [0, 0.1) is 0 Å². The summed E-state index contributed by atoms with van der Waals surface area (Å²) in [7, 11) is 1.97. The number of thiazole rings is 1. The van der Waals surface area contributed by atoms with Gasteiger partial charge < -0.3 is 5.32 Å². The van der Waals surface area contributed by atoms with Crippen molar-refractivity contribution in [1.29, 1.82) is 0 Å². The van der Waals surface area contributed by atoms with E-state index in [0.29, 0.717) is 0 Å². The highest BCUT2D eigenvalue weighted by Gasteiger charge is 2.18. The average molecular weight is 228 g/mol. The van der Waals surface area contributed by atoms with Gasteiger partial charge in [-0.25, -0.2) is 4.98 Å². The molecule has 78 valence electrons. The van der Waals surface area contributed by atoms with E-state index in [1.807, 2.05) is 18.4 Å². The van der Waals surface area contributed by atoms with Crippen LogP contribution in [0.25, 0.3) is 0 Å². The van der Waals surface area contributed by atoms with Crippen LogP contribution in [-0.2, 0) is 6.54 Å². The van der Waals surface area contributed by atoms with Crippen LogP contribution >= 0.6 is 23.1 Å². The third-order valence-electron chi connectivity index (χ3n) is 2.50. The summed E-state index contributed by atoms with van der Waals surface area (Å²) in [6.07, 6.45) is 2.63. The van der Waals surface area contributed by atoms with Gasteiger partial charge in [0.15, 0.2) is 0 Å². The van der Waals surface area contributed by atoms with Gasteiger partial charge in [0.1, 0.15) is 0 Å². The van der Waals surface area contributed by atoms with Gasteiger partial charge in [-0.05, 0) is 31.4 Å². The van der Waals surface area contributed by atoms with Gasteiger partial charge in [-0.2, -0.15) is 11.8 Å². The largest absolute Gasteiger partial charge is 0.314 e. The third-order valence-corrected chi connectivity index (χ3v) is 4.60. The lowest BCUT2D eigenvalue weighted by Crippen LogP contribution is -2.09. The van der Waals surface area contributed by atoms with E-state index >= 15 is 0 Å². The highest BCUT2D eigenvalue weighted by molar-refractivity contribution is 7.99. The van der Waals surface area contributed by atoms with Crippen LogP contribution in [0.3, 0.4) is 0 Å². The Hall–Kier alpha value is -0.0600. The fourth-order valence-electron chi connectivity index (χ4n) is 1.72. The number of rotatable bonds is 3. The maximum atomic E-state index is 4.67. The Kier molecular flexibility index (Phi) is 3.84. The highest BCUT2D eigenvalue weighted by atomic mass is 32.2. The standard InChI is InChI=1S/C10H16N2S2/c1-11-6-9-7-14-10(12-9)8-2-4-13-5-3-8/h7-8,11H,2-6H2,1H3. The molecule has 4 heteroatoms. The molecule has 0 aliphatic carbocycles. The maximum Gasteiger partial charge on any atom is 0.0960 e. The average Bonchev–Trinajstić information content (AvgIpc) is 2.68. The van der Waals surface area contributed by atoms with Crippen molar-refractivity contribution in [2.24, 2.45) is 0 Å². The smallest absolute Gasteiger partial charge is 0.0960 e. The van der Waals surface area contributed by atoms with Crippen molar-refractivity contribution in [3.8, 4) is 0 Å². The van der Waals surface area contributed by atoms with E-state index in [4.69, 9.17) is 0 Å². The Labute approximate surface area is 93.5 Å². The quantitative estimate of drug-likeness (QED) is 0.860. The van der Waals surface area contributed by atoms with Gasteiger partial charge in [0.25, 0.3) is 0 Å². The monoisotopic (exact) mass is 228 g/mol. The molecule has 14 heavy (non-hydrogen) atoms. The number of nitrogens with zero attached hydrogens (tertiary/aromatic N) is 1. The second-order valence-electron chi connectivity index (χ2n) is 3.59. The molecular weight excluding hydrogens is 212 g/mol. The van der Waals surface area contributed by atoms with Crippen LogP contribution in [-0.4, -0.2) is 23.5 Å². The molecule has 1 aromatic heterocycles. The molecule has 0 bridgehead atoms. The zero-order valence-corrected chi connectivity index (χ0v) is 10.1. The Balaban J connectivity index is 2.00. The van der Waals surface area contributed by atoms with Gasteiger partial charge in [0, 0.05) is 17.8 Å². The summed E-state index contributed by atoms with van der Waals surface area (Å²) >= 11 is 3.91. The fraction of sp³-hybridized carbons (Fsp3) is 0.700. The van der Waals surface area contributed by atoms with Gasteiger partial charge in [0.05, 0.1) is 10.7 Å². The zero-order valence-electron chi connectivity index (χ0n) is 8.45. The van der Waals surface area contributed by atoms with Gasteiger partial charge in [-0.3, -0.25) is 0 Å². The lowest BCUT2D eigenvalue weighted by molar-refractivity contribution is 0.628. The van der Waals surface area contributed by atoms with E-state index in [2.05, 4.69) is 27.4 Å². The maximum absolute atomic E-state index is 4.67. The predicted octanol–water partition coefficient (Wildman–Crippen LogP) is 2.47. The number of hydrogen-bond acceptors (Lipinski definition) is 4. The number of nitrogens with one attached hydrogen (secondary N) is 1. The molecule has 2 rings (SSSR count). The molecule has 1 saturated heterocycles. The first kappa shape index (κ1) is 10.5. The fourth-order valence-corrected chi connectivity index (χ4v) is 3.81. The van der Waals surface area contributed by atoms with E-state index < -0.39 is 0 Å². The highest BCUT2D eigenvalue weighted by Crippen LogP contribution is 2.33. The SMILES string of the molecule is CNCc1csc(C2CCSCC2)n1. The number of hydrogen-bond donors (Lipinski definition) is 1. The molecule has 0 radical (unpaired) electrons. The van der Waals surface area contributed by atoms with Crippen molar-refractivity contribution in [3.05, 3.63) is 16.1 Å². The summed E-state index contributed by atoms with van der Waals surface area (Å²) < 4.78 is 0. The Bertz CT molecular complexity index is 279. The molecule has 2 heterocycles. The lowest BCUT2D eigenvalue weighted by atomic mass is 10.0. The van der Waals surface area contributed by atoms with Crippen molar-refractivity contribution < 1.29 is 0 Å². The van der Waals surface area contributed by atoms with Crippen molar-refractivity contribution in [1.82, 2.24) is 10.3 Å². The molecule has 0 atom stereocenters. The van der Waals surface area contributed by atoms with Crippen molar-refractivity contribution in [2.45, 2.75) is 25.3 Å². The van der Waals surface area contributed by atoms with Crippen LogP contribution in [0.2, 0.25) is 0 Å². The van der Waals surface area contributed by atoms with Crippen LogP contribution in [0.15, 0.2) is 5.38 Å². The molecule has 0 aromatic carbocycles. The first-order chi connectivity index (χ1) is 6.90. The molecule has 1 fully saturated rings. The topological polar surface area (TPSA) is 24.9 Å². The normalized spacial score (nSPS) is 18.6. The predicted molar refractivity (Wildman–Crippen MR) is 64.2 cm³/mol. The zero-order chi connectivity index (χ0) is 9.80. The molecular formula is C10H16N2S2. The Morgan fingerprint density at radius 2 is 2.29 bits per heavy atom. The van der Waals surface area contributed by atoms with Gasteiger partial charge in [0.2, 0.25) is 0 Å². The van der Waals surface area contributed by atoms with Crippen molar-refractivity contribution in [2.75, 3.05) is 18.6 Å². The van der Waals surface area contributed by atoms with Crippen molar-refractivity contribution >= 4 is 23.1 Å². The summed E-state index contributed by atoms with van der Waals surface area (Å²) in [4.78, 5) is 4.67. The minimum Gasteiger partial charge on any atom is -0.314 e. The van der Waals surface area contributed by atoms with E-state index in [1.54, 1.807) is 0 Å². The summed E-state index contributed by atoms with van der Waals surface area (Å²) in [5.74, 6) is 3.36. The third kappa shape index (κ3) is 2.49. The van der Waals surface area contributed by atoms with Gasteiger partial charge >= 0.3 is 0 Å². The second kappa shape index (κ2) is 5.14. The van der Waals surface area contributed by atoms with Crippen LogP contribution in [0.1, 0.15) is 29.5 Å². The molecule has 2 nitrogen and oxygen atoms in total. The van der Waals surface area contributed by atoms with Crippen LogP contribution < -0.4 is 5.32 Å². The molecule has 1 aromatic rings. The number of thioether (sulfide) groups is 1. The van der Waals surface area contributed by atoms with E-state index in [0.717, 1.165) is 12.5 Å². The first-order valence-corrected chi connectivity index (χ1v) is 7.10. The lowest BCUT2D eigenvalue weighted by Gasteiger charge is -2.18. The minimum atomic E-state index is 0.742. The molecule has 0 spiro atoms. The Morgan fingerprint density at radius 3 is 3.00 bits per heavy atom. The van der Waals surface area contributed by atoms with Gasteiger partial charge in [-0.15, -0.1) is 11.3 Å². The summed E-state index contributed by atoms with van der Waals surface area (Å²) in [6.45, 7) is 0.901. The number of aromatic nitrogens is 1. The minimum absolute atomic E-state index is 0.742. The Morgan fingerprint density at radius 1 is 1.50 bits per heavy atom. The molecule has 1 aliphatic rings. The molecule has 0 saturated carbocycles. The van der Waals surface area contributed by atoms with Crippen molar-refractivity contribution in [3.63, 3.8) is 0 Å². The molecule has 0 unspecified atom stereocenters. The molecule has 1 N–H and O–H groups in total. The van der Waals surface area contributed by atoms with E-state index in [-0.39, 0.29) is 0 Å². The molecule has 0 amide bonds. The first-order valence-electron chi connectivity index (χ1n) is 5.07. The molecule has 1 aliphatic heterocycles. The second-order valence-corrected chi connectivity index (χ2v) is 5.71. The van der Waals surface area contributed by atoms with Crippen LogP contribution in [0.5, 0.6) is 0 Å². The van der Waals surface area contributed by atoms with Gasteiger partial charge in [-0.1, -0.05) is 0 Å². The summed E-state index contributed by atoms with van der Waals surface area (Å²) in [5, 5.41) is 6.69. The van der Waals surface area contributed by atoms with E-state index in [9.17, 15) is 0 Å². The van der Waals surface area contributed by atoms with Crippen LogP contribution in [0.4, 0.5) is 0 Å². The summed E-state index contributed by atoms with van der Waals surface area (Å²) in [6, 6.07) is 0. The van der Waals surface area contributed by atoms with E-state index in [1.165, 1.54) is 35.0 Å². The summed E-state index contributed by atoms with van der Waals surface area (Å²) in [5.41, 5.74) is 1.20.